The topological polar surface area (TPSA) is 79.3 Å². The molecule has 3 rings (SSSR count). The van der Waals surface area contributed by atoms with E-state index in [1.807, 2.05) is 0 Å². The van der Waals surface area contributed by atoms with Gasteiger partial charge in [-0.05, 0) is 43.2 Å². The molecule has 0 amide bonds. The molecule has 0 aliphatic heterocycles. The highest BCUT2D eigenvalue weighted by molar-refractivity contribution is 7.89. The minimum absolute atomic E-state index is 0.0313. The Morgan fingerprint density at radius 1 is 1.35 bits per heavy atom. The summed E-state index contributed by atoms with van der Waals surface area (Å²) in [5.41, 5.74) is 0. The second-order valence-corrected chi connectivity index (χ2v) is 7.74. The second-order valence-electron chi connectivity index (χ2n) is 5.64. The van der Waals surface area contributed by atoms with Gasteiger partial charge in [0, 0.05) is 24.8 Å². The number of hydrogen-bond acceptors (Lipinski definition) is 4. The summed E-state index contributed by atoms with van der Waals surface area (Å²) in [6.07, 6.45) is 4.40. The first-order chi connectivity index (χ1) is 9.51. The van der Waals surface area contributed by atoms with E-state index in [9.17, 15) is 13.5 Å². The molecule has 0 aromatic carbocycles. The van der Waals surface area contributed by atoms with Crippen LogP contribution in [0.5, 0.6) is 0 Å². The maximum absolute atomic E-state index is 12.4. The van der Waals surface area contributed by atoms with Crippen LogP contribution in [0.25, 0.3) is 0 Å². The maximum atomic E-state index is 12.4. The molecule has 2 fully saturated rings. The van der Waals surface area contributed by atoms with Crippen LogP contribution in [0.2, 0.25) is 5.15 Å². The van der Waals surface area contributed by atoms with Crippen LogP contribution in [0.1, 0.15) is 19.3 Å². The van der Waals surface area contributed by atoms with Crippen molar-refractivity contribution in [3.05, 3.63) is 23.5 Å². The maximum Gasteiger partial charge on any atom is 0.242 e. The van der Waals surface area contributed by atoms with Gasteiger partial charge in [-0.2, -0.15) is 0 Å². The third-order valence-corrected chi connectivity index (χ3v) is 6.27. The lowest BCUT2D eigenvalue weighted by atomic mass is 9.86. The fourth-order valence-electron chi connectivity index (χ4n) is 3.63. The molecule has 7 heteroatoms. The fourth-order valence-corrected chi connectivity index (χ4v) is 5.04. The lowest BCUT2D eigenvalue weighted by Crippen LogP contribution is -2.45. The van der Waals surface area contributed by atoms with Crippen LogP contribution < -0.4 is 4.72 Å². The fraction of sp³-hybridized carbons (Fsp3) is 0.615. The zero-order chi connectivity index (χ0) is 14.3. The van der Waals surface area contributed by atoms with Gasteiger partial charge in [0.05, 0.1) is 0 Å². The number of halogens is 1. The first-order valence-corrected chi connectivity index (χ1v) is 8.62. The van der Waals surface area contributed by atoms with Gasteiger partial charge in [-0.3, -0.25) is 0 Å². The zero-order valence-corrected chi connectivity index (χ0v) is 12.4. The highest BCUT2D eigenvalue weighted by Gasteiger charge is 2.48. The number of aliphatic hydroxyl groups excluding tert-OH is 1. The number of nitrogens with zero attached hydrogens (tertiary/aromatic N) is 1. The number of nitrogens with one attached hydrogen (secondary N) is 1. The number of rotatable bonds is 4. The van der Waals surface area contributed by atoms with E-state index < -0.39 is 10.0 Å². The molecule has 1 aromatic heterocycles. The summed E-state index contributed by atoms with van der Waals surface area (Å²) in [6.45, 7) is 0.0349. The summed E-state index contributed by atoms with van der Waals surface area (Å²) in [5.74, 6) is 0.817. The van der Waals surface area contributed by atoms with Crippen molar-refractivity contribution in [2.24, 2.45) is 17.8 Å². The van der Waals surface area contributed by atoms with Crippen LogP contribution in [0.4, 0.5) is 0 Å². The molecule has 1 aromatic rings. The Balaban J connectivity index is 1.81. The highest BCUT2D eigenvalue weighted by atomic mass is 35.5. The van der Waals surface area contributed by atoms with E-state index in [0.717, 1.165) is 19.3 Å². The molecule has 2 aliphatic carbocycles. The molecule has 20 heavy (non-hydrogen) atoms. The van der Waals surface area contributed by atoms with Gasteiger partial charge in [0.2, 0.25) is 10.0 Å². The number of fused-ring (bicyclic) bond motifs is 2. The quantitative estimate of drug-likeness (QED) is 0.823. The Morgan fingerprint density at radius 3 is 2.75 bits per heavy atom. The average molecular weight is 317 g/mol. The average Bonchev–Trinajstić information content (AvgIpc) is 2.99. The smallest absolute Gasteiger partial charge is 0.242 e. The Labute approximate surface area is 123 Å². The van der Waals surface area contributed by atoms with E-state index >= 15 is 0 Å². The van der Waals surface area contributed by atoms with E-state index in [-0.39, 0.29) is 28.6 Å². The predicted octanol–water partition coefficient (Wildman–Crippen LogP) is 1.42. The minimum atomic E-state index is -3.61. The van der Waals surface area contributed by atoms with Crippen LogP contribution in [0.15, 0.2) is 23.2 Å². The van der Waals surface area contributed by atoms with E-state index in [1.165, 1.54) is 18.3 Å². The summed E-state index contributed by atoms with van der Waals surface area (Å²) in [5, 5.41) is 9.76. The molecule has 4 atom stereocenters. The molecule has 110 valence electrons. The van der Waals surface area contributed by atoms with Crippen molar-refractivity contribution in [3.63, 3.8) is 0 Å². The van der Waals surface area contributed by atoms with Gasteiger partial charge in [-0.25, -0.2) is 18.1 Å². The van der Waals surface area contributed by atoms with Crippen LogP contribution >= 0.6 is 11.6 Å². The molecular formula is C13H17ClN2O3S. The summed E-state index contributed by atoms with van der Waals surface area (Å²) in [7, 11) is -3.61. The van der Waals surface area contributed by atoms with E-state index in [1.54, 1.807) is 0 Å². The van der Waals surface area contributed by atoms with Gasteiger partial charge in [-0.1, -0.05) is 11.6 Å². The molecule has 4 unspecified atom stereocenters. The molecule has 0 spiro atoms. The van der Waals surface area contributed by atoms with Crippen molar-refractivity contribution in [2.75, 3.05) is 6.61 Å². The number of sulfonamides is 1. The largest absolute Gasteiger partial charge is 0.396 e. The van der Waals surface area contributed by atoms with Crippen molar-refractivity contribution >= 4 is 21.6 Å². The molecule has 0 saturated heterocycles. The van der Waals surface area contributed by atoms with Crippen molar-refractivity contribution < 1.29 is 13.5 Å². The van der Waals surface area contributed by atoms with Gasteiger partial charge in [-0.15, -0.1) is 0 Å². The lowest BCUT2D eigenvalue weighted by molar-refractivity contribution is 0.153. The highest BCUT2D eigenvalue weighted by Crippen LogP contribution is 2.48. The molecule has 2 N–H and O–H groups in total. The standard InChI is InChI=1S/C13H17ClN2O3S/c14-12-4-3-10(6-15-12)20(18,19)16-13-9-2-1-8(5-9)11(13)7-17/h3-4,6,8-9,11,13,16-17H,1-2,5,7H2. The Kier molecular flexibility index (Phi) is 3.75. The first-order valence-electron chi connectivity index (χ1n) is 6.76. The van der Waals surface area contributed by atoms with Crippen LogP contribution in [0, 0.1) is 17.8 Å². The van der Waals surface area contributed by atoms with Gasteiger partial charge in [0.15, 0.2) is 0 Å². The van der Waals surface area contributed by atoms with Crippen LogP contribution in [0.3, 0.4) is 0 Å². The monoisotopic (exact) mass is 316 g/mol. The summed E-state index contributed by atoms with van der Waals surface area (Å²) in [4.78, 5) is 3.92. The van der Waals surface area contributed by atoms with Gasteiger partial charge >= 0.3 is 0 Å². The van der Waals surface area contributed by atoms with E-state index in [4.69, 9.17) is 11.6 Å². The lowest BCUT2D eigenvalue weighted by Gasteiger charge is -2.30. The first kappa shape index (κ1) is 14.3. The molecule has 2 bridgehead atoms. The third-order valence-electron chi connectivity index (χ3n) is 4.60. The summed E-state index contributed by atoms with van der Waals surface area (Å²) < 4.78 is 27.5. The number of aromatic nitrogens is 1. The minimum Gasteiger partial charge on any atom is -0.396 e. The number of hydrogen-bond donors (Lipinski definition) is 2. The second kappa shape index (κ2) is 5.26. The Hall–Kier alpha value is -0.690. The number of aliphatic hydroxyl groups is 1. The third kappa shape index (κ3) is 2.45. The normalized spacial score (nSPS) is 32.7. The summed E-state index contributed by atoms with van der Waals surface area (Å²) in [6, 6.07) is 2.73. The SMILES string of the molecule is O=S(=O)(NC1C2CCC(C2)C1CO)c1ccc(Cl)nc1. The molecule has 1 heterocycles. The zero-order valence-electron chi connectivity index (χ0n) is 10.9. The Bertz CT molecular complexity index is 590. The molecular weight excluding hydrogens is 300 g/mol. The van der Waals surface area contributed by atoms with Crippen LogP contribution in [-0.2, 0) is 10.0 Å². The number of pyridine rings is 1. The molecule has 5 nitrogen and oxygen atoms in total. The van der Waals surface area contributed by atoms with E-state index in [2.05, 4.69) is 9.71 Å². The van der Waals surface area contributed by atoms with Crippen molar-refractivity contribution in [3.8, 4) is 0 Å². The van der Waals surface area contributed by atoms with Gasteiger partial charge in [0.1, 0.15) is 10.0 Å². The van der Waals surface area contributed by atoms with Crippen LogP contribution in [-0.4, -0.2) is 31.2 Å². The summed E-state index contributed by atoms with van der Waals surface area (Å²) >= 11 is 5.67. The van der Waals surface area contributed by atoms with E-state index in [0.29, 0.717) is 11.8 Å². The van der Waals surface area contributed by atoms with Crippen molar-refractivity contribution in [2.45, 2.75) is 30.2 Å². The molecule has 2 saturated carbocycles. The van der Waals surface area contributed by atoms with Gasteiger partial charge < -0.3 is 5.11 Å². The van der Waals surface area contributed by atoms with Gasteiger partial charge in [0.25, 0.3) is 0 Å². The van der Waals surface area contributed by atoms with Crippen molar-refractivity contribution in [1.29, 1.82) is 0 Å². The van der Waals surface area contributed by atoms with Crippen molar-refractivity contribution in [1.82, 2.24) is 9.71 Å². The molecule has 0 radical (unpaired) electrons. The Morgan fingerprint density at radius 2 is 2.10 bits per heavy atom. The predicted molar refractivity (Wildman–Crippen MR) is 74.8 cm³/mol. The molecule has 2 aliphatic rings.